The molecule has 0 radical (unpaired) electrons. The smallest absolute Gasteiger partial charge is 0.190 e. The molecule has 4 aromatic rings. The van der Waals surface area contributed by atoms with Gasteiger partial charge in [0.2, 0.25) is 0 Å². The van der Waals surface area contributed by atoms with Crippen molar-refractivity contribution in [2.75, 3.05) is 4.72 Å². The number of benzene rings is 2. The van der Waals surface area contributed by atoms with Crippen LogP contribution in [0.2, 0.25) is 5.02 Å². The first kappa shape index (κ1) is 14.2. The predicted octanol–water partition coefficient (Wildman–Crippen LogP) is 4.16. The number of nitrogens with one attached hydrogen (secondary N) is 1. The zero-order valence-corrected chi connectivity index (χ0v) is 13.3. The number of pyridine rings is 1. The van der Waals surface area contributed by atoms with Crippen molar-refractivity contribution >= 4 is 50.1 Å². The molecule has 23 heavy (non-hydrogen) atoms. The summed E-state index contributed by atoms with van der Waals surface area (Å²) >= 11 is 6.18. The Labute approximate surface area is 138 Å². The van der Waals surface area contributed by atoms with E-state index in [4.69, 9.17) is 16.1 Å². The molecule has 7 heteroatoms. The van der Waals surface area contributed by atoms with Crippen molar-refractivity contribution in [2.45, 2.75) is 4.90 Å². The normalized spacial score (nSPS) is 12.6. The summed E-state index contributed by atoms with van der Waals surface area (Å²) in [5.41, 5.74) is 0.539. The molecular weight excluding hydrogens is 334 g/mol. The van der Waals surface area contributed by atoms with E-state index in [2.05, 4.69) is 14.9 Å². The van der Waals surface area contributed by atoms with Crippen LogP contribution in [0.1, 0.15) is 0 Å². The van der Waals surface area contributed by atoms with Gasteiger partial charge in [0.25, 0.3) is 0 Å². The zero-order valence-electron chi connectivity index (χ0n) is 11.7. The molecule has 0 aliphatic carbocycles. The maximum atomic E-state index is 12.7. The standard InChI is InChI=1S/C16H10ClN3O2S/c17-12-4-2-5-13-15(12)16(19-22-13)20-23(21)14-6-1-3-10-7-8-18-9-11(10)14/h1-9H,(H,19,20). The lowest BCUT2D eigenvalue weighted by Crippen LogP contribution is -2.06. The highest BCUT2D eigenvalue weighted by Gasteiger charge is 2.15. The first-order valence-electron chi connectivity index (χ1n) is 6.79. The topological polar surface area (TPSA) is 68.0 Å². The molecule has 0 aliphatic rings. The predicted molar refractivity (Wildman–Crippen MR) is 90.8 cm³/mol. The van der Waals surface area contributed by atoms with E-state index in [0.717, 1.165) is 10.8 Å². The Morgan fingerprint density at radius 2 is 2.00 bits per heavy atom. The van der Waals surface area contributed by atoms with Crippen LogP contribution in [0.5, 0.6) is 0 Å². The van der Waals surface area contributed by atoms with Crippen molar-refractivity contribution in [2.24, 2.45) is 0 Å². The Balaban J connectivity index is 1.77. The number of nitrogens with zero attached hydrogens (tertiary/aromatic N) is 2. The van der Waals surface area contributed by atoms with Crippen molar-refractivity contribution in [3.63, 3.8) is 0 Å². The molecule has 0 aliphatic heterocycles. The third-order valence-electron chi connectivity index (χ3n) is 3.48. The minimum absolute atomic E-state index is 0.352. The molecule has 0 amide bonds. The molecule has 1 N–H and O–H groups in total. The van der Waals surface area contributed by atoms with E-state index in [1.54, 1.807) is 36.7 Å². The minimum Gasteiger partial charge on any atom is -0.354 e. The van der Waals surface area contributed by atoms with Gasteiger partial charge in [-0.25, -0.2) is 4.21 Å². The molecular formula is C16H10ClN3O2S. The van der Waals surface area contributed by atoms with Crippen molar-refractivity contribution in [1.29, 1.82) is 0 Å². The SMILES string of the molecule is O=S(Nc1noc2cccc(Cl)c12)c1cccc2ccncc12. The largest absolute Gasteiger partial charge is 0.354 e. The van der Waals surface area contributed by atoms with Gasteiger partial charge in [-0.3, -0.25) is 9.71 Å². The lowest BCUT2D eigenvalue weighted by Gasteiger charge is -2.06. The van der Waals surface area contributed by atoms with Crippen molar-refractivity contribution < 1.29 is 8.73 Å². The van der Waals surface area contributed by atoms with E-state index in [-0.39, 0.29) is 0 Å². The van der Waals surface area contributed by atoms with Gasteiger partial charge >= 0.3 is 0 Å². The van der Waals surface area contributed by atoms with Crippen molar-refractivity contribution in [3.8, 4) is 0 Å². The number of hydrogen-bond donors (Lipinski definition) is 1. The second kappa shape index (κ2) is 5.64. The third-order valence-corrected chi connectivity index (χ3v) is 4.93. The molecule has 2 heterocycles. The second-order valence-electron chi connectivity index (χ2n) is 4.87. The summed E-state index contributed by atoms with van der Waals surface area (Å²) in [4.78, 5) is 4.72. The van der Waals surface area contributed by atoms with E-state index in [1.165, 1.54) is 0 Å². The van der Waals surface area contributed by atoms with Crippen LogP contribution < -0.4 is 4.72 Å². The van der Waals surface area contributed by atoms with Gasteiger partial charge in [0, 0.05) is 17.8 Å². The minimum atomic E-state index is -1.52. The summed E-state index contributed by atoms with van der Waals surface area (Å²) in [5.74, 6) is 0.352. The number of rotatable bonds is 3. The van der Waals surface area contributed by atoms with Gasteiger partial charge in [0.05, 0.1) is 15.3 Å². The van der Waals surface area contributed by atoms with Crippen LogP contribution in [-0.4, -0.2) is 14.3 Å². The van der Waals surface area contributed by atoms with Gasteiger partial charge in [-0.2, -0.15) is 0 Å². The van der Waals surface area contributed by atoms with E-state index < -0.39 is 11.0 Å². The summed E-state index contributed by atoms with van der Waals surface area (Å²) < 4.78 is 20.8. The highest BCUT2D eigenvalue weighted by atomic mass is 35.5. The first-order chi connectivity index (χ1) is 11.2. The molecule has 0 saturated carbocycles. The molecule has 1 unspecified atom stereocenters. The van der Waals surface area contributed by atoms with Gasteiger partial charge < -0.3 is 4.52 Å². The molecule has 0 bridgehead atoms. The highest BCUT2D eigenvalue weighted by Crippen LogP contribution is 2.31. The van der Waals surface area contributed by atoms with E-state index in [9.17, 15) is 4.21 Å². The summed E-state index contributed by atoms with van der Waals surface area (Å²) in [7, 11) is -1.52. The van der Waals surface area contributed by atoms with Crippen LogP contribution in [-0.2, 0) is 11.0 Å². The van der Waals surface area contributed by atoms with E-state index in [1.807, 2.05) is 18.2 Å². The van der Waals surface area contributed by atoms with Gasteiger partial charge in [-0.05, 0) is 29.7 Å². The number of anilines is 1. The van der Waals surface area contributed by atoms with E-state index >= 15 is 0 Å². The van der Waals surface area contributed by atoms with Gasteiger partial charge in [-0.15, -0.1) is 0 Å². The monoisotopic (exact) mass is 343 g/mol. The zero-order chi connectivity index (χ0) is 15.8. The Bertz CT molecular complexity index is 1040. The molecule has 5 nitrogen and oxygen atoms in total. The van der Waals surface area contributed by atoms with Gasteiger partial charge in [0.15, 0.2) is 22.4 Å². The van der Waals surface area contributed by atoms with Crippen LogP contribution in [0.4, 0.5) is 5.82 Å². The van der Waals surface area contributed by atoms with Crippen LogP contribution >= 0.6 is 11.6 Å². The summed E-state index contributed by atoms with van der Waals surface area (Å²) in [6.45, 7) is 0. The first-order valence-corrected chi connectivity index (χ1v) is 8.32. The molecule has 4 rings (SSSR count). The fourth-order valence-corrected chi connectivity index (χ4v) is 3.66. The van der Waals surface area contributed by atoms with Gasteiger partial charge in [0.1, 0.15) is 0 Å². The molecule has 2 aromatic heterocycles. The fraction of sp³-hybridized carbons (Fsp3) is 0. The molecule has 114 valence electrons. The summed E-state index contributed by atoms with van der Waals surface area (Å²) in [6, 6.07) is 12.7. The number of fused-ring (bicyclic) bond motifs is 2. The molecule has 1 atom stereocenters. The maximum Gasteiger partial charge on any atom is 0.190 e. The second-order valence-corrected chi connectivity index (χ2v) is 6.46. The lowest BCUT2D eigenvalue weighted by atomic mass is 10.2. The molecule has 0 saturated heterocycles. The van der Waals surface area contributed by atoms with Crippen molar-refractivity contribution in [1.82, 2.24) is 10.1 Å². The summed E-state index contributed by atoms with van der Waals surface area (Å²) in [5, 5.41) is 6.81. The Morgan fingerprint density at radius 3 is 2.91 bits per heavy atom. The van der Waals surface area contributed by atoms with Crippen LogP contribution in [0.3, 0.4) is 0 Å². The van der Waals surface area contributed by atoms with Crippen molar-refractivity contribution in [3.05, 3.63) is 59.9 Å². The Morgan fingerprint density at radius 1 is 1.13 bits per heavy atom. The quantitative estimate of drug-likeness (QED) is 0.606. The Kier molecular flexibility index (Phi) is 3.48. The average molecular weight is 344 g/mol. The lowest BCUT2D eigenvalue weighted by molar-refractivity contribution is 0.460. The Hall–Kier alpha value is -2.44. The number of aromatic nitrogens is 2. The number of hydrogen-bond acceptors (Lipinski definition) is 4. The van der Waals surface area contributed by atoms with Gasteiger partial charge in [-0.1, -0.05) is 35.0 Å². The average Bonchev–Trinajstić information content (AvgIpc) is 2.98. The third kappa shape index (κ3) is 2.46. The molecule has 0 spiro atoms. The highest BCUT2D eigenvalue weighted by molar-refractivity contribution is 7.86. The summed E-state index contributed by atoms with van der Waals surface area (Å²) in [6.07, 6.45) is 3.39. The number of halogens is 1. The molecule has 0 fully saturated rings. The van der Waals surface area contributed by atoms with Crippen LogP contribution in [0, 0.1) is 0 Å². The molecule has 2 aromatic carbocycles. The fourth-order valence-electron chi connectivity index (χ4n) is 2.41. The van der Waals surface area contributed by atoms with Crippen LogP contribution in [0.15, 0.2) is 64.3 Å². The van der Waals surface area contributed by atoms with Crippen LogP contribution in [0.25, 0.3) is 21.7 Å². The van der Waals surface area contributed by atoms with E-state index in [0.29, 0.717) is 26.7 Å². The maximum absolute atomic E-state index is 12.7.